The molecule has 2 rings (SSSR count). The highest BCUT2D eigenvalue weighted by Crippen LogP contribution is 2.15. The van der Waals surface area contributed by atoms with Gasteiger partial charge in [0.05, 0.1) is 17.8 Å². The summed E-state index contributed by atoms with van der Waals surface area (Å²) in [6.45, 7) is 5.40. The molecule has 0 aliphatic carbocycles. The third kappa shape index (κ3) is 4.14. The maximum atomic E-state index is 5.73. The fraction of sp³-hybridized carbons (Fsp3) is 0.462. The van der Waals surface area contributed by atoms with E-state index in [1.54, 1.807) is 17.4 Å². The zero-order valence-electron chi connectivity index (χ0n) is 11.6. The predicted octanol–water partition coefficient (Wildman–Crippen LogP) is 1.98. The van der Waals surface area contributed by atoms with Crippen LogP contribution in [0.25, 0.3) is 0 Å². The van der Waals surface area contributed by atoms with Gasteiger partial charge in [-0.2, -0.15) is 4.98 Å². The number of hydrogen-bond donors (Lipinski definition) is 1. The number of anilines is 1. The van der Waals surface area contributed by atoms with E-state index in [0.717, 1.165) is 12.1 Å². The highest BCUT2D eigenvalue weighted by atomic mass is 32.1. The van der Waals surface area contributed by atoms with Gasteiger partial charge in [0.15, 0.2) is 5.82 Å². The van der Waals surface area contributed by atoms with Gasteiger partial charge in [0, 0.05) is 24.0 Å². The van der Waals surface area contributed by atoms with Gasteiger partial charge in [-0.05, 0) is 13.8 Å². The van der Waals surface area contributed by atoms with Gasteiger partial charge in [0.25, 0.3) is 0 Å². The predicted molar refractivity (Wildman–Crippen MR) is 77.8 cm³/mol. The first kappa shape index (κ1) is 14.7. The Balaban J connectivity index is 1.91. The summed E-state index contributed by atoms with van der Waals surface area (Å²) in [7, 11) is 0. The van der Waals surface area contributed by atoms with Crippen molar-refractivity contribution in [1.82, 2.24) is 15.0 Å². The van der Waals surface area contributed by atoms with Crippen molar-refractivity contribution >= 4 is 17.2 Å². The van der Waals surface area contributed by atoms with E-state index in [-0.39, 0.29) is 0 Å². The molecule has 0 aliphatic heterocycles. The quantitative estimate of drug-likeness (QED) is 0.840. The average molecular weight is 294 g/mol. The van der Waals surface area contributed by atoms with E-state index in [0.29, 0.717) is 37.3 Å². The summed E-state index contributed by atoms with van der Waals surface area (Å²) in [5, 5.41) is 0. The molecule has 0 atom stereocenters. The van der Waals surface area contributed by atoms with Gasteiger partial charge >= 0.3 is 0 Å². The van der Waals surface area contributed by atoms with Gasteiger partial charge in [0.1, 0.15) is 12.4 Å². The second kappa shape index (κ2) is 7.16. The van der Waals surface area contributed by atoms with Crippen LogP contribution in [-0.4, -0.2) is 28.2 Å². The second-order valence-corrected chi connectivity index (χ2v) is 5.08. The SMILES string of the molecule is CCOCc1nc(N)cc(OCCc2scnc2C)n1. The topological polar surface area (TPSA) is 83.2 Å². The van der Waals surface area contributed by atoms with Crippen LogP contribution in [0.15, 0.2) is 11.6 Å². The molecule has 6 nitrogen and oxygen atoms in total. The summed E-state index contributed by atoms with van der Waals surface area (Å²) in [5.74, 6) is 1.41. The van der Waals surface area contributed by atoms with E-state index >= 15 is 0 Å². The van der Waals surface area contributed by atoms with Crippen LogP contribution in [0.3, 0.4) is 0 Å². The molecule has 108 valence electrons. The third-order valence-corrected chi connectivity index (χ3v) is 3.62. The molecule has 0 radical (unpaired) electrons. The zero-order chi connectivity index (χ0) is 14.4. The number of aryl methyl sites for hydroxylation is 1. The van der Waals surface area contributed by atoms with Crippen molar-refractivity contribution in [1.29, 1.82) is 0 Å². The maximum Gasteiger partial charge on any atom is 0.218 e. The Morgan fingerprint density at radius 3 is 2.90 bits per heavy atom. The molecular formula is C13H18N4O2S. The molecule has 0 fully saturated rings. The number of thiazole rings is 1. The average Bonchev–Trinajstić information content (AvgIpc) is 2.82. The van der Waals surface area contributed by atoms with E-state index in [1.807, 2.05) is 19.4 Å². The summed E-state index contributed by atoms with van der Waals surface area (Å²) >= 11 is 1.63. The minimum atomic E-state index is 0.339. The van der Waals surface area contributed by atoms with Gasteiger partial charge < -0.3 is 15.2 Å². The molecule has 2 aromatic rings. The minimum Gasteiger partial charge on any atom is -0.477 e. The first-order valence-electron chi connectivity index (χ1n) is 6.42. The Kier molecular flexibility index (Phi) is 5.25. The van der Waals surface area contributed by atoms with Crippen molar-refractivity contribution in [2.24, 2.45) is 0 Å². The van der Waals surface area contributed by atoms with Gasteiger partial charge in [-0.25, -0.2) is 9.97 Å². The maximum absolute atomic E-state index is 5.73. The summed E-state index contributed by atoms with van der Waals surface area (Å²) in [6, 6.07) is 1.62. The molecule has 0 aromatic carbocycles. The molecule has 2 aromatic heterocycles. The molecule has 7 heteroatoms. The molecule has 0 spiro atoms. The first-order valence-corrected chi connectivity index (χ1v) is 7.30. The van der Waals surface area contributed by atoms with Crippen LogP contribution in [0.5, 0.6) is 5.88 Å². The molecule has 2 heterocycles. The van der Waals surface area contributed by atoms with Crippen molar-refractivity contribution in [2.45, 2.75) is 26.9 Å². The van der Waals surface area contributed by atoms with Crippen molar-refractivity contribution in [3.05, 3.63) is 28.0 Å². The molecule has 0 saturated carbocycles. The molecule has 20 heavy (non-hydrogen) atoms. The van der Waals surface area contributed by atoms with E-state index in [9.17, 15) is 0 Å². The van der Waals surface area contributed by atoms with Crippen LogP contribution in [0, 0.1) is 6.92 Å². The first-order chi connectivity index (χ1) is 9.69. The van der Waals surface area contributed by atoms with Crippen molar-refractivity contribution in [2.75, 3.05) is 18.9 Å². The third-order valence-electron chi connectivity index (χ3n) is 2.63. The summed E-state index contributed by atoms with van der Waals surface area (Å²) in [6.07, 6.45) is 0.807. The van der Waals surface area contributed by atoms with Crippen LogP contribution < -0.4 is 10.5 Å². The number of ether oxygens (including phenoxy) is 2. The Hall–Kier alpha value is -1.73. The Bertz CT molecular complexity index is 559. The number of nitrogens with zero attached hydrogens (tertiary/aromatic N) is 3. The highest BCUT2D eigenvalue weighted by molar-refractivity contribution is 7.09. The van der Waals surface area contributed by atoms with Gasteiger partial charge in [-0.3, -0.25) is 0 Å². The Morgan fingerprint density at radius 2 is 2.20 bits per heavy atom. The second-order valence-electron chi connectivity index (χ2n) is 4.14. The molecule has 0 saturated heterocycles. The van der Waals surface area contributed by atoms with E-state index in [2.05, 4.69) is 15.0 Å². The number of nitrogens with two attached hydrogens (primary N) is 1. The molecule has 0 amide bonds. The lowest BCUT2D eigenvalue weighted by molar-refractivity contribution is 0.127. The number of hydrogen-bond acceptors (Lipinski definition) is 7. The van der Waals surface area contributed by atoms with Crippen molar-refractivity contribution in [3.63, 3.8) is 0 Å². The normalized spacial score (nSPS) is 10.7. The summed E-state index contributed by atoms with van der Waals surface area (Å²) in [5.41, 5.74) is 8.62. The molecule has 0 bridgehead atoms. The minimum absolute atomic E-state index is 0.339. The molecular weight excluding hydrogens is 276 g/mol. The van der Waals surface area contributed by atoms with E-state index in [1.165, 1.54) is 4.88 Å². The Labute approximate surface area is 122 Å². The van der Waals surface area contributed by atoms with Gasteiger partial charge in [-0.15, -0.1) is 11.3 Å². The lowest BCUT2D eigenvalue weighted by Gasteiger charge is -2.07. The highest BCUT2D eigenvalue weighted by Gasteiger charge is 2.06. The van der Waals surface area contributed by atoms with Crippen LogP contribution in [0.4, 0.5) is 5.82 Å². The van der Waals surface area contributed by atoms with Gasteiger partial charge in [0.2, 0.25) is 5.88 Å². The largest absolute Gasteiger partial charge is 0.477 e. The standard InChI is InChI=1S/C13H18N4O2S/c1-3-18-7-12-16-11(14)6-13(17-12)19-5-4-10-9(2)15-8-20-10/h6,8H,3-5,7H2,1-2H3,(H2,14,16,17). The molecule has 2 N–H and O–H groups in total. The fourth-order valence-corrected chi connectivity index (χ4v) is 2.40. The molecule has 0 unspecified atom stereocenters. The zero-order valence-corrected chi connectivity index (χ0v) is 12.4. The lowest BCUT2D eigenvalue weighted by atomic mass is 10.3. The van der Waals surface area contributed by atoms with E-state index < -0.39 is 0 Å². The van der Waals surface area contributed by atoms with Crippen LogP contribution in [-0.2, 0) is 17.8 Å². The Morgan fingerprint density at radius 1 is 1.35 bits per heavy atom. The summed E-state index contributed by atoms with van der Waals surface area (Å²) in [4.78, 5) is 13.8. The fourth-order valence-electron chi connectivity index (χ4n) is 1.64. The van der Waals surface area contributed by atoms with E-state index in [4.69, 9.17) is 15.2 Å². The lowest BCUT2D eigenvalue weighted by Crippen LogP contribution is -2.07. The number of rotatable bonds is 7. The van der Waals surface area contributed by atoms with Crippen LogP contribution in [0.1, 0.15) is 23.3 Å². The smallest absolute Gasteiger partial charge is 0.218 e. The van der Waals surface area contributed by atoms with Gasteiger partial charge in [-0.1, -0.05) is 0 Å². The van der Waals surface area contributed by atoms with Crippen molar-refractivity contribution in [3.8, 4) is 5.88 Å². The summed E-state index contributed by atoms with van der Waals surface area (Å²) < 4.78 is 10.9. The van der Waals surface area contributed by atoms with Crippen LogP contribution in [0.2, 0.25) is 0 Å². The number of nitrogen functional groups attached to an aromatic ring is 1. The van der Waals surface area contributed by atoms with Crippen molar-refractivity contribution < 1.29 is 9.47 Å². The van der Waals surface area contributed by atoms with Crippen LogP contribution >= 0.6 is 11.3 Å². The number of aromatic nitrogens is 3. The molecule has 0 aliphatic rings. The monoisotopic (exact) mass is 294 g/mol.